The van der Waals surface area contributed by atoms with Crippen molar-refractivity contribution in [3.63, 3.8) is 0 Å². The predicted molar refractivity (Wildman–Crippen MR) is 241 cm³/mol. The molecule has 12 atom stereocenters. The van der Waals surface area contributed by atoms with E-state index in [1.807, 2.05) is 0 Å². The number of pyridine rings is 1. The lowest BCUT2D eigenvalue weighted by atomic mass is 10.1. The van der Waals surface area contributed by atoms with Gasteiger partial charge in [0.2, 0.25) is 9.76 Å². The normalized spacial score (nSPS) is 25.6. The second kappa shape index (κ2) is 26.9. The Morgan fingerprint density at radius 1 is 0.957 bits per heavy atom. The number of hydrogen-bond acceptors (Lipinski definition) is 24. The lowest BCUT2D eigenvalue weighted by Crippen LogP contribution is -2.46. The van der Waals surface area contributed by atoms with Crippen LogP contribution in [-0.4, -0.2) is 200 Å². The molecule has 0 bridgehead atoms. The molecule has 2 radical (unpaired) electrons. The van der Waals surface area contributed by atoms with Crippen LogP contribution in [0.25, 0.3) is 11.2 Å². The van der Waals surface area contributed by atoms with Crippen molar-refractivity contribution in [3.05, 3.63) is 42.7 Å². The number of carbonyl (C=O) groups is 1. The Balaban J connectivity index is 1.00. The maximum atomic E-state index is 12.7. The molecule has 394 valence electrons. The zero-order valence-corrected chi connectivity index (χ0v) is 42.5. The predicted octanol–water partition coefficient (Wildman–Crippen LogP) is -2.41. The summed E-state index contributed by atoms with van der Waals surface area (Å²) >= 11 is 0. The third-order valence-corrected chi connectivity index (χ3v) is 17.5. The van der Waals surface area contributed by atoms with Gasteiger partial charge in [0.25, 0.3) is 12.1 Å². The zero-order chi connectivity index (χ0) is 51.2. The van der Waals surface area contributed by atoms with Gasteiger partial charge in [-0.3, -0.25) is 18.4 Å². The molecule has 29 nitrogen and oxygen atoms in total. The Morgan fingerprint density at radius 2 is 1.64 bits per heavy atom. The Hall–Kier alpha value is -2.90. The van der Waals surface area contributed by atoms with Crippen LogP contribution in [0.4, 0.5) is 5.82 Å². The number of carbonyl (C=O) groups excluding carboxylic acids is 1. The van der Waals surface area contributed by atoms with Crippen LogP contribution in [0, 0.1) is 0 Å². The van der Waals surface area contributed by atoms with E-state index in [2.05, 4.69) is 43.7 Å². The van der Waals surface area contributed by atoms with E-state index < -0.39 is 105 Å². The smallest absolute Gasteiger partial charge is 0.415 e. The number of amides is 1. The number of nitrogens with zero attached hydrogens (tertiary/aromatic N) is 5. The van der Waals surface area contributed by atoms with Gasteiger partial charge in [-0.05, 0) is 31.0 Å². The highest BCUT2D eigenvalue weighted by atomic mass is 31.3. The van der Waals surface area contributed by atoms with Crippen LogP contribution in [-0.2, 0) is 54.4 Å². The standard InChI is InChI=1S/C37H62N8O21P2Si2/c1-22(2)69-66-70(57-3,58-4)13-6-5-9-39-15-27(47)60-12-11-59-17-24(46)14-40-34-28-35(42-20-41-34)45(21-43-28)37-32(51)30(49)26(64-37)19-62-68(55,56)65-67(53,54)61-18-25-29(48)31(50)36(63-25)44-10-7-8-23(16-44)33(38)52/h7-8,10,16,20-22,24-27,29-32,36-37,39,46-51H,5-6,9,11-15,17-19H2,1-4H3,(H4-,38,40,41,42,52,53,54,55,56)/p+1/t24?,25-,26+,27?,29?,30-,31+,32?,36-,37+/m1/s1. The fraction of sp³-hybridized carbons (Fsp3) is 0.703. The highest BCUT2D eigenvalue weighted by Gasteiger charge is 2.50. The minimum atomic E-state index is -5.46. The summed E-state index contributed by atoms with van der Waals surface area (Å²) in [6.45, 7) is 3.12. The summed E-state index contributed by atoms with van der Waals surface area (Å²) in [5.74, 6) is -0.598. The Kier molecular flexibility index (Phi) is 22.3. The average molecular weight is 1070 g/mol. The van der Waals surface area contributed by atoms with Gasteiger partial charge < -0.3 is 88.7 Å². The zero-order valence-electron chi connectivity index (χ0n) is 38.7. The summed E-state index contributed by atoms with van der Waals surface area (Å²) in [5, 5.41) is 69.4. The SMILES string of the molecule is CO[Si](CCCCNCC(O)OCCOCC(O)CNc1ncnc2c1ncn2[C@H]1O[C@@H](COP(=O)(O)OP(=O)(O)OC[C@H]2O[C@@H]([n+]3cccc(C(N)=O)c3)[C@@H](O)C2O)[C@@H](O)C1O)(OC)O[Si]C(C)C. The quantitative estimate of drug-likeness (QED) is 0.0102. The first-order valence-electron chi connectivity index (χ1n) is 21.9. The topological polar surface area (TPSA) is 403 Å². The molecule has 2 aliphatic heterocycles. The summed E-state index contributed by atoms with van der Waals surface area (Å²) in [4.78, 5) is 44.6. The second-order valence-electron chi connectivity index (χ2n) is 16.2. The van der Waals surface area contributed by atoms with Crippen LogP contribution in [0.15, 0.2) is 37.2 Å². The average Bonchev–Trinajstić information content (AvgIpc) is 3.97. The summed E-state index contributed by atoms with van der Waals surface area (Å²) in [5.41, 5.74) is 6.01. The van der Waals surface area contributed by atoms with Gasteiger partial charge in [0.05, 0.1) is 45.5 Å². The molecule has 6 unspecified atom stereocenters. The molecule has 0 spiro atoms. The van der Waals surface area contributed by atoms with Crippen molar-refractivity contribution >= 4 is 57.1 Å². The molecular weight excluding hydrogens is 1010 g/mol. The molecule has 2 fully saturated rings. The molecule has 5 rings (SSSR count). The van der Waals surface area contributed by atoms with Gasteiger partial charge in [0.1, 0.15) is 42.4 Å². The number of primary amides is 1. The first kappa shape index (κ1) is 58.0. The third kappa shape index (κ3) is 16.6. The number of nitrogens with one attached hydrogen (secondary N) is 2. The van der Waals surface area contributed by atoms with E-state index >= 15 is 0 Å². The number of aliphatic hydroxyl groups excluding tert-OH is 6. The van der Waals surface area contributed by atoms with E-state index in [4.69, 9.17) is 46.7 Å². The highest BCUT2D eigenvalue weighted by molar-refractivity contribution is 7.61. The van der Waals surface area contributed by atoms with Crippen LogP contribution >= 0.6 is 15.6 Å². The van der Waals surface area contributed by atoms with Gasteiger partial charge >= 0.3 is 24.4 Å². The summed E-state index contributed by atoms with van der Waals surface area (Å²) in [7, 11) is -10.1. The van der Waals surface area contributed by atoms with E-state index in [1.165, 1.54) is 46.3 Å². The maximum absolute atomic E-state index is 12.7. The third-order valence-electron chi connectivity index (χ3n) is 10.5. The van der Waals surface area contributed by atoms with Gasteiger partial charge in [0.15, 0.2) is 48.0 Å². The fourth-order valence-electron chi connectivity index (χ4n) is 6.93. The first-order chi connectivity index (χ1) is 33.2. The molecule has 5 heterocycles. The molecule has 3 aromatic rings. The molecular formula is C37H63N8O21P2Si2+. The highest BCUT2D eigenvalue weighted by Crippen LogP contribution is 2.60. The molecule has 0 saturated carbocycles. The number of aromatic nitrogens is 5. The number of hydrogen-bond donors (Lipinski definition) is 11. The van der Waals surface area contributed by atoms with Gasteiger partial charge in [-0.1, -0.05) is 13.8 Å². The lowest BCUT2D eigenvalue weighted by Gasteiger charge is -2.27. The maximum Gasteiger partial charge on any atom is 0.489 e. The van der Waals surface area contributed by atoms with Crippen LogP contribution < -0.4 is 20.9 Å². The van der Waals surface area contributed by atoms with Crippen LogP contribution in [0.2, 0.25) is 11.6 Å². The van der Waals surface area contributed by atoms with E-state index in [-0.39, 0.29) is 55.5 Å². The molecule has 12 N–H and O–H groups in total. The van der Waals surface area contributed by atoms with Gasteiger partial charge in [-0.15, -0.1) is 0 Å². The Labute approximate surface area is 405 Å². The largest absolute Gasteiger partial charge is 0.489 e. The number of phosphoric ester groups is 2. The van der Waals surface area contributed by atoms with Crippen molar-refractivity contribution in [2.24, 2.45) is 5.73 Å². The van der Waals surface area contributed by atoms with Crippen molar-refractivity contribution in [1.82, 2.24) is 24.8 Å². The summed E-state index contributed by atoms with van der Waals surface area (Å²) in [6, 6.07) is 3.51. The van der Waals surface area contributed by atoms with Crippen molar-refractivity contribution in [2.45, 2.75) is 99.7 Å². The molecule has 2 saturated heterocycles. The number of phosphoric acid groups is 2. The Bertz CT molecular complexity index is 2210. The van der Waals surface area contributed by atoms with E-state index in [1.54, 1.807) is 14.2 Å². The van der Waals surface area contributed by atoms with Crippen LogP contribution in [0.3, 0.4) is 0 Å². The number of ether oxygens (including phenoxy) is 4. The van der Waals surface area contributed by atoms with Gasteiger partial charge in [0, 0.05) is 39.4 Å². The first-order valence-corrected chi connectivity index (χ1v) is 27.8. The molecule has 3 aromatic heterocycles. The summed E-state index contributed by atoms with van der Waals surface area (Å²) in [6.07, 6.45) is -7.78. The minimum Gasteiger partial charge on any atom is -0.415 e. The number of imidazole rings is 1. The molecule has 0 aliphatic carbocycles. The van der Waals surface area contributed by atoms with Crippen molar-refractivity contribution < 1.29 is 104 Å². The monoisotopic (exact) mass is 1070 g/mol. The van der Waals surface area contributed by atoms with E-state index in [0.29, 0.717) is 27.9 Å². The molecule has 70 heavy (non-hydrogen) atoms. The number of fused-ring (bicyclic) bond motifs is 1. The fourth-order valence-corrected chi connectivity index (χ4v) is 13.0. The van der Waals surface area contributed by atoms with Crippen molar-refractivity contribution in [1.29, 1.82) is 0 Å². The van der Waals surface area contributed by atoms with Gasteiger partial charge in [-0.25, -0.2) is 24.1 Å². The van der Waals surface area contributed by atoms with Crippen LogP contribution in [0.1, 0.15) is 49.5 Å². The van der Waals surface area contributed by atoms with Crippen molar-refractivity contribution in [3.8, 4) is 0 Å². The van der Waals surface area contributed by atoms with Crippen molar-refractivity contribution in [2.75, 3.05) is 72.2 Å². The van der Waals surface area contributed by atoms with Gasteiger partial charge in [-0.2, -0.15) is 8.88 Å². The number of anilines is 1. The minimum absolute atomic E-state index is 0.0432. The van der Waals surface area contributed by atoms with E-state index in [0.717, 1.165) is 12.8 Å². The lowest BCUT2D eigenvalue weighted by molar-refractivity contribution is -0.765. The number of rotatable bonds is 32. The number of unbranched alkanes of at least 4 members (excludes halogenated alkanes) is 1. The molecule has 1 amide bonds. The van der Waals surface area contributed by atoms with E-state index in [9.17, 15) is 54.4 Å². The molecule has 0 aromatic carbocycles. The number of nitrogens with two attached hydrogens (primary N) is 1. The summed E-state index contributed by atoms with van der Waals surface area (Å²) < 4.78 is 81.0. The second-order valence-corrected chi connectivity index (χ2v) is 24.1. The van der Waals surface area contributed by atoms with Crippen LogP contribution in [0.5, 0.6) is 0 Å². The number of aliphatic hydroxyl groups is 6. The molecule has 2 aliphatic rings. The Morgan fingerprint density at radius 3 is 2.31 bits per heavy atom. The molecule has 33 heteroatoms.